The lowest BCUT2D eigenvalue weighted by molar-refractivity contribution is 0.174. The topological polar surface area (TPSA) is 76.8 Å². The van der Waals surface area contributed by atoms with Crippen LogP contribution in [-0.2, 0) is 11.3 Å². The molecule has 6 nitrogen and oxygen atoms in total. The quantitative estimate of drug-likeness (QED) is 0.774. The molecule has 96 valence electrons. The molecule has 1 N–H and O–H groups in total. The predicted octanol–water partition coefficient (Wildman–Crippen LogP) is 2.27. The van der Waals surface area contributed by atoms with Crippen LogP contribution in [0, 0.1) is 0 Å². The highest BCUT2D eigenvalue weighted by Gasteiger charge is 2.08. The van der Waals surface area contributed by atoms with E-state index in [-0.39, 0.29) is 0 Å². The van der Waals surface area contributed by atoms with Crippen LogP contribution in [0.25, 0.3) is 22.7 Å². The molecule has 0 aliphatic carbocycles. The minimum atomic E-state index is 0.343. The molecule has 2 heterocycles. The predicted molar refractivity (Wildman–Crippen MR) is 68.0 cm³/mol. The molecular formula is C13H12N4O2. The first-order valence-electron chi connectivity index (χ1n) is 5.78. The lowest BCUT2D eigenvalue weighted by Crippen LogP contribution is -1.89. The Kier molecular flexibility index (Phi) is 3.07. The largest absolute Gasteiger partial charge is 0.377 e. The summed E-state index contributed by atoms with van der Waals surface area (Å²) in [5.41, 5.74) is 2.90. The SMILES string of the molecule is COCc1noc(-c2ccc(-c3ccn[nH]3)cc2)n1. The Morgan fingerprint density at radius 2 is 1.95 bits per heavy atom. The summed E-state index contributed by atoms with van der Waals surface area (Å²) in [5.74, 6) is 1.03. The number of nitrogens with one attached hydrogen (secondary N) is 1. The van der Waals surface area contributed by atoms with E-state index in [9.17, 15) is 0 Å². The van der Waals surface area contributed by atoms with Crippen molar-refractivity contribution in [2.45, 2.75) is 6.61 Å². The van der Waals surface area contributed by atoms with Gasteiger partial charge >= 0.3 is 0 Å². The molecule has 6 heteroatoms. The van der Waals surface area contributed by atoms with Crippen LogP contribution in [-0.4, -0.2) is 27.4 Å². The summed E-state index contributed by atoms with van der Waals surface area (Å²) in [7, 11) is 1.59. The molecule has 0 unspecified atom stereocenters. The van der Waals surface area contributed by atoms with Crippen LogP contribution in [0.1, 0.15) is 5.82 Å². The normalized spacial score (nSPS) is 10.8. The average molecular weight is 256 g/mol. The van der Waals surface area contributed by atoms with Crippen LogP contribution in [0.5, 0.6) is 0 Å². The second-order valence-corrected chi connectivity index (χ2v) is 4.00. The number of nitrogens with zero attached hydrogens (tertiary/aromatic N) is 3. The smallest absolute Gasteiger partial charge is 0.258 e. The zero-order valence-corrected chi connectivity index (χ0v) is 10.3. The molecule has 1 aromatic carbocycles. The zero-order chi connectivity index (χ0) is 13.1. The van der Waals surface area contributed by atoms with Crippen molar-refractivity contribution < 1.29 is 9.26 Å². The third kappa shape index (κ3) is 2.38. The molecule has 0 saturated heterocycles. The van der Waals surface area contributed by atoms with Crippen LogP contribution < -0.4 is 0 Å². The van der Waals surface area contributed by atoms with Crippen molar-refractivity contribution in [3.63, 3.8) is 0 Å². The molecule has 0 amide bonds. The number of benzene rings is 1. The summed E-state index contributed by atoms with van der Waals surface area (Å²) in [6, 6.07) is 9.73. The van der Waals surface area contributed by atoms with E-state index in [1.165, 1.54) is 0 Å². The van der Waals surface area contributed by atoms with Crippen LogP contribution >= 0.6 is 0 Å². The number of methoxy groups -OCH3 is 1. The number of aromatic nitrogens is 4. The van der Waals surface area contributed by atoms with Crippen molar-refractivity contribution in [3.05, 3.63) is 42.4 Å². The second-order valence-electron chi connectivity index (χ2n) is 4.00. The highest BCUT2D eigenvalue weighted by atomic mass is 16.5. The van der Waals surface area contributed by atoms with Crippen LogP contribution in [0.4, 0.5) is 0 Å². The van der Waals surface area contributed by atoms with Crippen molar-refractivity contribution in [3.8, 4) is 22.7 Å². The van der Waals surface area contributed by atoms with Gasteiger partial charge in [0.15, 0.2) is 5.82 Å². The van der Waals surface area contributed by atoms with E-state index < -0.39 is 0 Å². The molecule has 0 saturated carbocycles. The third-order valence-electron chi connectivity index (χ3n) is 2.69. The van der Waals surface area contributed by atoms with Gasteiger partial charge in [-0.15, -0.1) is 0 Å². The molecule has 3 aromatic rings. The fraction of sp³-hybridized carbons (Fsp3) is 0.154. The number of H-pyrrole nitrogens is 1. The van der Waals surface area contributed by atoms with Gasteiger partial charge in [-0.1, -0.05) is 17.3 Å². The summed E-state index contributed by atoms with van der Waals surface area (Å²) in [6.45, 7) is 0.343. The number of aromatic amines is 1. The standard InChI is InChI=1S/C13H12N4O2/c1-18-8-12-15-13(19-17-12)10-4-2-9(3-5-10)11-6-7-14-16-11/h2-7H,8H2,1H3,(H,14,16). The van der Waals surface area contributed by atoms with E-state index in [0.29, 0.717) is 18.3 Å². The van der Waals surface area contributed by atoms with E-state index in [2.05, 4.69) is 20.3 Å². The summed E-state index contributed by atoms with van der Waals surface area (Å²) >= 11 is 0. The number of hydrogen-bond acceptors (Lipinski definition) is 5. The van der Waals surface area contributed by atoms with Gasteiger partial charge in [0.25, 0.3) is 5.89 Å². The molecular weight excluding hydrogens is 244 g/mol. The van der Waals surface area contributed by atoms with Crippen LogP contribution in [0.2, 0.25) is 0 Å². The third-order valence-corrected chi connectivity index (χ3v) is 2.69. The summed E-state index contributed by atoms with van der Waals surface area (Å²) in [6.07, 6.45) is 1.72. The van der Waals surface area contributed by atoms with Crippen molar-refractivity contribution in [2.75, 3.05) is 7.11 Å². The fourth-order valence-electron chi connectivity index (χ4n) is 1.77. The molecule has 0 radical (unpaired) electrons. The van der Waals surface area contributed by atoms with Crippen molar-refractivity contribution in [1.29, 1.82) is 0 Å². The van der Waals surface area contributed by atoms with Gasteiger partial charge in [-0.05, 0) is 23.8 Å². The number of hydrogen-bond donors (Lipinski definition) is 1. The van der Waals surface area contributed by atoms with Crippen molar-refractivity contribution in [2.24, 2.45) is 0 Å². The van der Waals surface area contributed by atoms with Gasteiger partial charge in [-0.3, -0.25) is 5.10 Å². The van der Waals surface area contributed by atoms with E-state index in [1.54, 1.807) is 13.3 Å². The van der Waals surface area contributed by atoms with Gasteiger partial charge in [-0.25, -0.2) is 0 Å². The Balaban J connectivity index is 1.85. The van der Waals surface area contributed by atoms with Gasteiger partial charge in [0, 0.05) is 18.9 Å². The van der Waals surface area contributed by atoms with Gasteiger partial charge in [-0.2, -0.15) is 10.1 Å². The molecule has 19 heavy (non-hydrogen) atoms. The van der Waals surface area contributed by atoms with E-state index in [4.69, 9.17) is 9.26 Å². The highest BCUT2D eigenvalue weighted by molar-refractivity contribution is 5.64. The molecule has 0 aliphatic rings. The van der Waals surface area contributed by atoms with E-state index in [1.807, 2.05) is 30.3 Å². The summed E-state index contributed by atoms with van der Waals surface area (Å²) in [4.78, 5) is 4.24. The maximum Gasteiger partial charge on any atom is 0.258 e. The monoisotopic (exact) mass is 256 g/mol. The van der Waals surface area contributed by atoms with E-state index >= 15 is 0 Å². The maximum atomic E-state index is 5.17. The highest BCUT2D eigenvalue weighted by Crippen LogP contribution is 2.22. The zero-order valence-electron chi connectivity index (χ0n) is 10.3. The van der Waals surface area contributed by atoms with Crippen LogP contribution in [0.3, 0.4) is 0 Å². The number of ether oxygens (including phenoxy) is 1. The van der Waals surface area contributed by atoms with Gasteiger partial charge in [0.1, 0.15) is 6.61 Å². The summed E-state index contributed by atoms with van der Waals surface area (Å²) in [5, 5.41) is 10.7. The van der Waals surface area contributed by atoms with E-state index in [0.717, 1.165) is 16.8 Å². The molecule has 0 fully saturated rings. The van der Waals surface area contributed by atoms with Crippen LogP contribution in [0.15, 0.2) is 41.1 Å². The van der Waals surface area contributed by atoms with Crippen molar-refractivity contribution in [1.82, 2.24) is 20.3 Å². The first-order valence-corrected chi connectivity index (χ1v) is 5.78. The first-order chi connectivity index (χ1) is 9.36. The average Bonchev–Trinajstić information content (AvgIpc) is 3.10. The number of rotatable bonds is 4. The summed E-state index contributed by atoms with van der Waals surface area (Å²) < 4.78 is 10.1. The second kappa shape index (κ2) is 5.03. The minimum Gasteiger partial charge on any atom is -0.377 e. The molecule has 3 rings (SSSR count). The van der Waals surface area contributed by atoms with Crippen molar-refractivity contribution >= 4 is 0 Å². The Hall–Kier alpha value is -2.47. The Morgan fingerprint density at radius 1 is 1.16 bits per heavy atom. The molecule has 0 aliphatic heterocycles. The Morgan fingerprint density at radius 3 is 2.63 bits per heavy atom. The molecule has 2 aromatic heterocycles. The van der Waals surface area contributed by atoms with Gasteiger partial charge in [0.2, 0.25) is 0 Å². The molecule has 0 bridgehead atoms. The molecule has 0 spiro atoms. The van der Waals surface area contributed by atoms with Gasteiger partial charge < -0.3 is 9.26 Å². The minimum absolute atomic E-state index is 0.343. The van der Waals surface area contributed by atoms with Gasteiger partial charge in [0.05, 0.1) is 5.69 Å². The fourth-order valence-corrected chi connectivity index (χ4v) is 1.77. The first kappa shape index (κ1) is 11.6. The Bertz CT molecular complexity index is 644. The lowest BCUT2D eigenvalue weighted by Gasteiger charge is -1.98. The maximum absolute atomic E-state index is 5.17. The molecule has 0 atom stereocenters. The Labute approximate surface area is 109 Å². The lowest BCUT2D eigenvalue weighted by atomic mass is 10.1.